The van der Waals surface area contributed by atoms with Crippen LogP contribution in [0, 0.1) is 10.7 Å². The van der Waals surface area contributed by atoms with Gasteiger partial charge in [0.1, 0.15) is 0 Å². The van der Waals surface area contributed by atoms with Gasteiger partial charge in [0.05, 0.1) is 0 Å². The average molecular weight is 314 g/mol. The zero-order chi connectivity index (χ0) is 13.0. The summed E-state index contributed by atoms with van der Waals surface area (Å²) in [5.41, 5.74) is 1.22. The van der Waals surface area contributed by atoms with Gasteiger partial charge in [-0.15, -0.1) is 0 Å². The Labute approximate surface area is 119 Å². The van der Waals surface area contributed by atoms with Gasteiger partial charge in [-0.05, 0) is 0 Å². The Morgan fingerprint density at radius 1 is 0.842 bits per heavy atom. The maximum atomic E-state index is 3.86. The molecule has 0 saturated carbocycles. The minimum atomic E-state index is -1.86. The van der Waals surface area contributed by atoms with Crippen LogP contribution in [0.2, 0.25) is 15.8 Å². The Hall–Kier alpha value is -0.717. The molecule has 0 aliphatic carbocycles. The van der Waals surface area contributed by atoms with E-state index in [9.17, 15) is 0 Å². The summed E-state index contributed by atoms with van der Waals surface area (Å²) in [4.78, 5) is 2.68. The van der Waals surface area contributed by atoms with E-state index < -0.39 is 13.3 Å². The Balaban J connectivity index is 1.81. The van der Waals surface area contributed by atoms with Crippen molar-refractivity contribution in [1.82, 2.24) is 4.90 Å². The molecular formula is C17H23GeN. The van der Waals surface area contributed by atoms with Crippen LogP contribution in [0.1, 0.15) is 24.8 Å². The quantitative estimate of drug-likeness (QED) is 0.523. The predicted octanol–water partition coefficient (Wildman–Crippen LogP) is 3.53. The molecule has 4 rings (SSSR count). The van der Waals surface area contributed by atoms with Crippen molar-refractivity contribution < 1.29 is 0 Å². The fraction of sp³-hybridized carbons (Fsp3) is 0.529. The van der Waals surface area contributed by atoms with E-state index in [2.05, 4.69) is 45.9 Å². The van der Waals surface area contributed by atoms with Crippen LogP contribution in [0.4, 0.5) is 0 Å². The van der Waals surface area contributed by atoms with Gasteiger partial charge < -0.3 is 0 Å². The van der Waals surface area contributed by atoms with E-state index in [-0.39, 0.29) is 0 Å². The molecule has 100 valence electrons. The molecule has 0 atom stereocenters. The Kier molecular flexibility index (Phi) is 4.30. The van der Waals surface area contributed by atoms with Crippen molar-refractivity contribution in [2.24, 2.45) is 0 Å². The maximum absolute atomic E-state index is 3.86. The molecule has 2 bridgehead atoms. The van der Waals surface area contributed by atoms with Crippen molar-refractivity contribution in [3.8, 4) is 10.7 Å². The third-order valence-electron chi connectivity index (χ3n) is 4.63. The van der Waals surface area contributed by atoms with E-state index in [0.717, 1.165) is 0 Å². The van der Waals surface area contributed by atoms with Gasteiger partial charge in [-0.1, -0.05) is 0 Å². The molecule has 0 aromatic heterocycles. The normalized spacial score (nSPS) is 30.6. The first-order chi connectivity index (χ1) is 9.36. The molecule has 19 heavy (non-hydrogen) atoms. The summed E-state index contributed by atoms with van der Waals surface area (Å²) in [5.74, 6) is 3.53. The number of fused-ring (bicyclic) bond motifs is 6. The average Bonchev–Trinajstić information content (AvgIpc) is 2.37. The molecule has 2 heteroatoms. The van der Waals surface area contributed by atoms with E-state index >= 15 is 0 Å². The SMILES string of the molecule is C(#[C][Ge]12[CH2]CCN(CC[CH2]1)CC[CH2]2)c1ccccc1. The zero-order valence-corrected chi connectivity index (χ0v) is 13.8. The number of nitrogens with zero attached hydrogens (tertiary/aromatic N) is 1. The number of rotatable bonds is 0. The topological polar surface area (TPSA) is 3.24 Å². The van der Waals surface area contributed by atoms with Crippen molar-refractivity contribution in [1.29, 1.82) is 0 Å². The predicted molar refractivity (Wildman–Crippen MR) is 83.8 cm³/mol. The number of hydrogen-bond acceptors (Lipinski definition) is 1. The zero-order valence-electron chi connectivity index (χ0n) is 11.7. The first-order valence-corrected chi connectivity index (χ1v) is 13.2. The van der Waals surface area contributed by atoms with Gasteiger partial charge >= 0.3 is 119 Å². The van der Waals surface area contributed by atoms with E-state index in [0.29, 0.717) is 0 Å². The monoisotopic (exact) mass is 315 g/mol. The van der Waals surface area contributed by atoms with E-state index in [1.54, 1.807) is 0 Å². The van der Waals surface area contributed by atoms with Crippen molar-refractivity contribution in [2.45, 2.75) is 35.0 Å². The molecule has 3 heterocycles. The second-order valence-electron chi connectivity index (χ2n) is 6.05. The summed E-state index contributed by atoms with van der Waals surface area (Å²) in [6, 6.07) is 10.6. The second-order valence-corrected chi connectivity index (χ2v) is 15.1. The molecule has 1 aromatic rings. The Morgan fingerprint density at radius 2 is 1.42 bits per heavy atom. The first-order valence-electron chi connectivity index (χ1n) is 7.67. The molecule has 0 unspecified atom stereocenters. The van der Waals surface area contributed by atoms with E-state index in [1.165, 1.54) is 60.2 Å². The molecular weight excluding hydrogens is 291 g/mol. The van der Waals surface area contributed by atoms with Crippen molar-refractivity contribution >= 4 is 13.3 Å². The van der Waals surface area contributed by atoms with Gasteiger partial charge in [-0.3, -0.25) is 0 Å². The fourth-order valence-electron chi connectivity index (χ4n) is 3.55. The summed E-state index contributed by atoms with van der Waals surface area (Å²) in [6.07, 6.45) is 4.22. The molecule has 0 amide bonds. The van der Waals surface area contributed by atoms with Crippen molar-refractivity contribution in [3.05, 3.63) is 35.9 Å². The van der Waals surface area contributed by atoms with E-state index in [4.69, 9.17) is 0 Å². The second kappa shape index (κ2) is 6.16. The molecule has 0 spiro atoms. The summed E-state index contributed by atoms with van der Waals surface area (Å²) in [7, 11) is 0. The van der Waals surface area contributed by atoms with Crippen LogP contribution < -0.4 is 0 Å². The van der Waals surface area contributed by atoms with Crippen LogP contribution in [0.15, 0.2) is 30.3 Å². The standard InChI is InChI=1S/C17H23GeN/c1-2-7-17(8-3-1)9-13-18-10-4-14-19(15-5-11-18)16-6-12-18/h1-3,7-8H,4-6,10-12,14-16H2. The first kappa shape index (κ1) is 13.3. The van der Waals surface area contributed by atoms with Gasteiger partial charge in [0.25, 0.3) is 0 Å². The molecule has 1 aromatic carbocycles. The van der Waals surface area contributed by atoms with Crippen molar-refractivity contribution in [2.75, 3.05) is 19.6 Å². The van der Waals surface area contributed by atoms with Gasteiger partial charge in [0, 0.05) is 0 Å². The summed E-state index contributed by atoms with van der Waals surface area (Å²) in [5, 5.41) is 4.45. The van der Waals surface area contributed by atoms with E-state index in [1.807, 2.05) is 0 Å². The van der Waals surface area contributed by atoms with Crippen LogP contribution in [-0.4, -0.2) is 37.8 Å². The number of benzene rings is 1. The van der Waals surface area contributed by atoms with Crippen molar-refractivity contribution in [3.63, 3.8) is 0 Å². The van der Waals surface area contributed by atoms with Gasteiger partial charge in [0.15, 0.2) is 0 Å². The van der Waals surface area contributed by atoms with Crippen LogP contribution >= 0.6 is 0 Å². The van der Waals surface area contributed by atoms with Crippen LogP contribution in [0.5, 0.6) is 0 Å². The van der Waals surface area contributed by atoms with Gasteiger partial charge in [-0.2, -0.15) is 0 Å². The molecule has 3 fully saturated rings. The van der Waals surface area contributed by atoms with Crippen LogP contribution in [0.3, 0.4) is 0 Å². The summed E-state index contributed by atoms with van der Waals surface area (Å²) in [6.45, 7) is 4.00. The third kappa shape index (κ3) is 3.43. The third-order valence-corrected chi connectivity index (χ3v) is 14.3. The van der Waals surface area contributed by atoms with Crippen LogP contribution in [0.25, 0.3) is 0 Å². The van der Waals surface area contributed by atoms with Crippen LogP contribution in [-0.2, 0) is 0 Å². The molecule has 1 nitrogen and oxygen atoms in total. The molecule has 0 N–H and O–H groups in total. The molecule has 0 radical (unpaired) electrons. The van der Waals surface area contributed by atoms with Gasteiger partial charge in [0.2, 0.25) is 0 Å². The number of hydrogen-bond donors (Lipinski definition) is 0. The summed E-state index contributed by atoms with van der Waals surface area (Å²) >= 11 is -1.86. The molecule has 3 saturated heterocycles. The Bertz CT molecular complexity index is 445. The Morgan fingerprint density at radius 3 is 2.00 bits per heavy atom. The molecule has 3 aliphatic heterocycles. The summed E-state index contributed by atoms with van der Waals surface area (Å²) < 4.78 is 3.86. The fourth-order valence-corrected chi connectivity index (χ4v) is 12.0. The minimum absolute atomic E-state index is 1.22. The van der Waals surface area contributed by atoms with Gasteiger partial charge in [-0.25, -0.2) is 0 Å². The molecule has 3 aliphatic rings.